The fourth-order valence-electron chi connectivity index (χ4n) is 3.37. The molecule has 1 aliphatic carbocycles. The van der Waals surface area contributed by atoms with E-state index in [0.717, 1.165) is 24.2 Å². The molecule has 1 fully saturated rings. The highest BCUT2D eigenvalue weighted by Gasteiger charge is 2.20. The van der Waals surface area contributed by atoms with Gasteiger partial charge >= 0.3 is 0 Å². The molecular weight excluding hydrogens is 346 g/mol. The summed E-state index contributed by atoms with van der Waals surface area (Å²) >= 11 is 1.67. The maximum atomic E-state index is 12.9. The van der Waals surface area contributed by atoms with Crippen LogP contribution in [0, 0.1) is 0 Å². The second-order valence-electron chi connectivity index (χ2n) is 6.71. The smallest absolute Gasteiger partial charge is 0.249 e. The van der Waals surface area contributed by atoms with Crippen molar-refractivity contribution in [1.82, 2.24) is 4.90 Å². The summed E-state index contributed by atoms with van der Waals surface area (Å²) in [6.45, 7) is 1.28. The second-order valence-corrected chi connectivity index (χ2v) is 7.74. The number of thiophene rings is 1. The van der Waals surface area contributed by atoms with E-state index < -0.39 is 0 Å². The third kappa shape index (κ3) is 5.32. The molecule has 140 valence electrons. The minimum Gasteiger partial charge on any atom is -0.496 e. The molecule has 0 saturated heterocycles. The van der Waals surface area contributed by atoms with Crippen LogP contribution in [0.2, 0.25) is 0 Å². The highest BCUT2D eigenvalue weighted by atomic mass is 32.1. The van der Waals surface area contributed by atoms with Crippen LogP contribution in [0.25, 0.3) is 0 Å². The molecule has 1 amide bonds. The van der Waals surface area contributed by atoms with Crippen LogP contribution in [-0.4, -0.2) is 30.6 Å². The third-order valence-corrected chi connectivity index (χ3v) is 5.69. The predicted molar refractivity (Wildman–Crippen MR) is 104 cm³/mol. The zero-order valence-electron chi connectivity index (χ0n) is 15.4. The Kier molecular flexibility index (Phi) is 7.09. The Hall–Kier alpha value is -1.85. The molecule has 1 saturated carbocycles. The SMILES string of the molecule is COc1ccccc1CN(Cc1cccs1)C(=O)COC1CCCCC1. The average Bonchev–Trinajstić information content (AvgIpc) is 3.20. The highest BCUT2D eigenvalue weighted by molar-refractivity contribution is 7.09. The quantitative estimate of drug-likeness (QED) is 0.677. The first-order chi connectivity index (χ1) is 12.8. The van der Waals surface area contributed by atoms with Gasteiger partial charge in [-0.25, -0.2) is 0 Å². The molecule has 1 heterocycles. The topological polar surface area (TPSA) is 38.8 Å². The Bertz CT molecular complexity index is 680. The van der Waals surface area contributed by atoms with E-state index in [4.69, 9.17) is 9.47 Å². The minimum atomic E-state index is 0.0369. The lowest BCUT2D eigenvalue weighted by molar-refractivity contribution is -0.140. The molecule has 1 aromatic heterocycles. The summed E-state index contributed by atoms with van der Waals surface area (Å²) in [7, 11) is 1.66. The summed E-state index contributed by atoms with van der Waals surface area (Å²) in [6, 6.07) is 11.9. The van der Waals surface area contributed by atoms with Crippen molar-refractivity contribution in [1.29, 1.82) is 0 Å². The number of carbonyl (C=O) groups excluding carboxylic acids is 1. The molecular formula is C21H27NO3S. The molecule has 4 nitrogen and oxygen atoms in total. The van der Waals surface area contributed by atoms with Gasteiger partial charge in [0.25, 0.3) is 0 Å². The van der Waals surface area contributed by atoms with E-state index in [0.29, 0.717) is 13.1 Å². The van der Waals surface area contributed by atoms with Crippen molar-refractivity contribution in [3.8, 4) is 5.75 Å². The van der Waals surface area contributed by atoms with Crippen molar-refractivity contribution in [3.05, 3.63) is 52.2 Å². The molecule has 0 radical (unpaired) electrons. The van der Waals surface area contributed by atoms with Crippen LogP contribution < -0.4 is 4.74 Å². The summed E-state index contributed by atoms with van der Waals surface area (Å²) in [5, 5.41) is 2.04. The zero-order valence-corrected chi connectivity index (χ0v) is 16.2. The number of rotatable bonds is 8. The van der Waals surface area contributed by atoms with Crippen LogP contribution in [0.5, 0.6) is 5.75 Å². The summed E-state index contributed by atoms with van der Waals surface area (Å²) in [5.74, 6) is 0.847. The maximum Gasteiger partial charge on any atom is 0.249 e. The Labute approximate surface area is 159 Å². The standard InChI is InChI=1S/C21H27NO3S/c1-24-20-12-6-5-8-17(20)14-22(15-19-11-7-13-26-19)21(23)16-25-18-9-3-2-4-10-18/h5-8,11-13,18H,2-4,9-10,14-16H2,1H3. The van der Waals surface area contributed by atoms with E-state index in [9.17, 15) is 4.79 Å². The first kappa shape index (κ1) is 18.9. The van der Waals surface area contributed by atoms with Gasteiger partial charge in [0.05, 0.1) is 19.8 Å². The van der Waals surface area contributed by atoms with Gasteiger partial charge in [-0.3, -0.25) is 4.79 Å². The fraction of sp³-hybridized carbons (Fsp3) is 0.476. The molecule has 0 aliphatic heterocycles. The third-order valence-electron chi connectivity index (χ3n) is 4.83. The van der Waals surface area contributed by atoms with E-state index in [2.05, 4.69) is 6.07 Å². The zero-order chi connectivity index (χ0) is 18.2. The Morgan fingerprint density at radius 1 is 1.12 bits per heavy atom. The molecule has 26 heavy (non-hydrogen) atoms. The van der Waals surface area contributed by atoms with E-state index in [1.807, 2.05) is 40.6 Å². The van der Waals surface area contributed by atoms with Gasteiger partial charge in [0, 0.05) is 17.0 Å². The largest absolute Gasteiger partial charge is 0.496 e. The van der Waals surface area contributed by atoms with E-state index >= 15 is 0 Å². The van der Waals surface area contributed by atoms with Crippen LogP contribution in [0.4, 0.5) is 0 Å². The number of para-hydroxylation sites is 1. The summed E-state index contributed by atoms with van der Waals surface area (Å²) < 4.78 is 11.4. The molecule has 0 spiro atoms. The van der Waals surface area contributed by atoms with Gasteiger partial charge in [-0.15, -0.1) is 11.3 Å². The average molecular weight is 374 g/mol. The van der Waals surface area contributed by atoms with Crippen molar-refractivity contribution in [3.63, 3.8) is 0 Å². The van der Waals surface area contributed by atoms with Gasteiger partial charge in [-0.2, -0.15) is 0 Å². The molecule has 1 aliphatic rings. The van der Waals surface area contributed by atoms with Gasteiger partial charge < -0.3 is 14.4 Å². The van der Waals surface area contributed by atoms with E-state index in [1.165, 1.54) is 24.1 Å². The molecule has 0 unspecified atom stereocenters. The molecule has 3 rings (SSSR count). The molecule has 0 bridgehead atoms. The number of hydrogen-bond acceptors (Lipinski definition) is 4. The Balaban J connectivity index is 1.66. The lowest BCUT2D eigenvalue weighted by Gasteiger charge is -2.26. The first-order valence-corrected chi connectivity index (χ1v) is 10.2. The van der Waals surface area contributed by atoms with Crippen LogP contribution in [-0.2, 0) is 22.6 Å². The fourth-order valence-corrected chi connectivity index (χ4v) is 4.09. The van der Waals surface area contributed by atoms with Crippen molar-refractivity contribution < 1.29 is 14.3 Å². The summed E-state index contributed by atoms with van der Waals surface area (Å²) in [5.41, 5.74) is 1.01. The summed E-state index contributed by atoms with van der Waals surface area (Å²) in [6.07, 6.45) is 6.09. The number of ether oxygens (including phenoxy) is 2. The molecule has 0 N–H and O–H groups in total. The van der Waals surface area contributed by atoms with Crippen LogP contribution in [0.15, 0.2) is 41.8 Å². The van der Waals surface area contributed by atoms with Crippen LogP contribution in [0.3, 0.4) is 0 Å². The number of nitrogens with zero attached hydrogens (tertiary/aromatic N) is 1. The van der Waals surface area contributed by atoms with Crippen molar-refractivity contribution >= 4 is 17.2 Å². The van der Waals surface area contributed by atoms with E-state index in [1.54, 1.807) is 18.4 Å². The van der Waals surface area contributed by atoms with E-state index in [-0.39, 0.29) is 18.6 Å². The Morgan fingerprint density at radius 3 is 2.65 bits per heavy atom. The van der Waals surface area contributed by atoms with Gasteiger partial charge in [-0.05, 0) is 30.4 Å². The number of hydrogen-bond donors (Lipinski definition) is 0. The predicted octanol–water partition coefficient (Wildman–Crippen LogP) is 4.63. The number of carbonyl (C=O) groups is 1. The summed E-state index contributed by atoms with van der Waals surface area (Å²) in [4.78, 5) is 15.9. The number of amides is 1. The minimum absolute atomic E-state index is 0.0369. The lowest BCUT2D eigenvalue weighted by Crippen LogP contribution is -2.34. The van der Waals surface area contributed by atoms with Crippen molar-refractivity contribution in [2.24, 2.45) is 0 Å². The normalized spacial score (nSPS) is 15.0. The van der Waals surface area contributed by atoms with Gasteiger partial charge in [0.2, 0.25) is 5.91 Å². The molecule has 1 aromatic carbocycles. The maximum absolute atomic E-state index is 12.9. The van der Waals surface area contributed by atoms with Crippen molar-refractivity contribution in [2.45, 2.75) is 51.3 Å². The van der Waals surface area contributed by atoms with Crippen LogP contribution >= 0.6 is 11.3 Å². The second kappa shape index (κ2) is 9.74. The highest BCUT2D eigenvalue weighted by Crippen LogP contribution is 2.23. The van der Waals surface area contributed by atoms with Crippen molar-refractivity contribution in [2.75, 3.05) is 13.7 Å². The van der Waals surface area contributed by atoms with Crippen LogP contribution in [0.1, 0.15) is 42.5 Å². The van der Waals surface area contributed by atoms with Gasteiger partial charge in [0.1, 0.15) is 12.4 Å². The number of benzene rings is 1. The molecule has 5 heteroatoms. The number of methoxy groups -OCH3 is 1. The molecule has 0 atom stereocenters. The lowest BCUT2D eigenvalue weighted by atomic mass is 9.98. The molecule has 2 aromatic rings. The monoisotopic (exact) mass is 373 g/mol. The van der Waals surface area contributed by atoms with Gasteiger partial charge in [0.15, 0.2) is 0 Å². The van der Waals surface area contributed by atoms with Gasteiger partial charge in [-0.1, -0.05) is 43.5 Å². The Morgan fingerprint density at radius 2 is 1.92 bits per heavy atom. The first-order valence-electron chi connectivity index (χ1n) is 9.30.